The number of carbonyl (C=O) groups is 2. The fourth-order valence-electron chi connectivity index (χ4n) is 3.03. The van der Waals surface area contributed by atoms with Gasteiger partial charge in [-0.25, -0.2) is 14.8 Å². The molecule has 0 bridgehead atoms. The molecule has 2 heterocycles. The van der Waals surface area contributed by atoms with E-state index < -0.39 is 0 Å². The highest BCUT2D eigenvalue weighted by Gasteiger charge is 2.26. The SMILES string of the molecule is CCOC(=O)N1CCN(C(=O)c2cc(NCc3ccccc3C)ncn2)CC1. The molecule has 8 heteroatoms. The van der Waals surface area contributed by atoms with E-state index in [1.807, 2.05) is 12.1 Å². The molecule has 1 aliphatic rings. The lowest BCUT2D eigenvalue weighted by Gasteiger charge is -2.33. The van der Waals surface area contributed by atoms with Crippen LogP contribution in [0.2, 0.25) is 0 Å². The third-order valence-electron chi connectivity index (χ3n) is 4.70. The minimum absolute atomic E-state index is 0.162. The zero-order chi connectivity index (χ0) is 19.9. The maximum atomic E-state index is 12.8. The second kappa shape index (κ2) is 9.16. The molecule has 1 N–H and O–H groups in total. The summed E-state index contributed by atoms with van der Waals surface area (Å²) < 4.78 is 5.00. The summed E-state index contributed by atoms with van der Waals surface area (Å²) >= 11 is 0. The van der Waals surface area contributed by atoms with Gasteiger partial charge in [0.1, 0.15) is 17.8 Å². The van der Waals surface area contributed by atoms with Crippen LogP contribution in [0.5, 0.6) is 0 Å². The number of aryl methyl sites for hydroxylation is 1. The summed E-state index contributed by atoms with van der Waals surface area (Å²) in [5.41, 5.74) is 2.70. The van der Waals surface area contributed by atoms with Crippen LogP contribution in [0.25, 0.3) is 0 Å². The van der Waals surface area contributed by atoms with E-state index >= 15 is 0 Å². The summed E-state index contributed by atoms with van der Waals surface area (Å²) in [6, 6.07) is 9.77. The minimum Gasteiger partial charge on any atom is -0.450 e. The van der Waals surface area contributed by atoms with Crippen molar-refractivity contribution in [3.8, 4) is 0 Å². The maximum absolute atomic E-state index is 12.8. The first-order valence-electron chi connectivity index (χ1n) is 9.40. The van der Waals surface area contributed by atoms with Crippen LogP contribution in [-0.4, -0.2) is 64.6 Å². The molecule has 2 aromatic rings. The highest BCUT2D eigenvalue weighted by Crippen LogP contribution is 2.13. The Kier molecular flexibility index (Phi) is 6.41. The zero-order valence-corrected chi connectivity index (χ0v) is 16.2. The van der Waals surface area contributed by atoms with Crippen LogP contribution in [0.15, 0.2) is 36.7 Å². The van der Waals surface area contributed by atoms with Crippen molar-refractivity contribution in [1.29, 1.82) is 0 Å². The third-order valence-corrected chi connectivity index (χ3v) is 4.70. The molecule has 0 atom stereocenters. The predicted molar refractivity (Wildman–Crippen MR) is 105 cm³/mol. The molecule has 1 fully saturated rings. The second-order valence-corrected chi connectivity index (χ2v) is 6.55. The summed E-state index contributed by atoms with van der Waals surface area (Å²) in [7, 11) is 0. The molecule has 8 nitrogen and oxygen atoms in total. The Morgan fingerprint density at radius 2 is 1.82 bits per heavy atom. The number of benzene rings is 1. The summed E-state index contributed by atoms with van der Waals surface area (Å²) in [6.07, 6.45) is 1.06. The van der Waals surface area contributed by atoms with Crippen LogP contribution in [0.4, 0.5) is 10.6 Å². The fraction of sp³-hybridized carbons (Fsp3) is 0.400. The quantitative estimate of drug-likeness (QED) is 0.853. The van der Waals surface area contributed by atoms with Gasteiger partial charge >= 0.3 is 6.09 Å². The van der Waals surface area contributed by atoms with Crippen LogP contribution in [-0.2, 0) is 11.3 Å². The molecule has 3 rings (SSSR count). The molecule has 0 saturated carbocycles. The highest BCUT2D eigenvalue weighted by atomic mass is 16.6. The van der Waals surface area contributed by atoms with Crippen LogP contribution in [0.3, 0.4) is 0 Å². The Morgan fingerprint density at radius 1 is 1.11 bits per heavy atom. The second-order valence-electron chi connectivity index (χ2n) is 6.55. The highest BCUT2D eigenvalue weighted by molar-refractivity contribution is 5.93. The van der Waals surface area contributed by atoms with Gasteiger partial charge in [-0.3, -0.25) is 4.79 Å². The Labute approximate surface area is 164 Å². The molecule has 1 saturated heterocycles. The van der Waals surface area contributed by atoms with Gasteiger partial charge in [-0.1, -0.05) is 24.3 Å². The molecule has 0 radical (unpaired) electrons. The lowest BCUT2D eigenvalue weighted by molar-refractivity contribution is 0.0566. The van der Waals surface area contributed by atoms with Crippen molar-refractivity contribution in [2.24, 2.45) is 0 Å². The Balaban J connectivity index is 1.58. The van der Waals surface area contributed by atoms with E-state index in [1.165, 1.54) is 17.5 Å². The smallest absolute Gasteiger partial charge is 0.409 e. The monoisotopic (exact) mass is 383 g/mol. The molecule has 1 aliphatic heterocycles. The number of aromatic nitrogens is 2. The number of nitrogens with zero attached hydrogens (tertiary/aromatic N) is 4. The van der Waals surface area contributed by atoms with Crippen molar-refractivity contribution in [2.45, 2.75) is 20.4 Å². The topological polar surface area (TPSA) is 87.7 Å². The zero-order valence-electron chi connectivity index (χ0n) is 16.2. The third kappa shape index (κ3) is 4.76. The van der Waals surface area contributed by atoms with Crippen molar-refractivity contribution in [3.63, 3.8) is 0 Å². The Hall–Kier alpha value is -3.16. The Bertz CT molecular complexity index is 834. The molecule has 0 aliphatic carbocycles. The maximum Gasteiger partial charge on any atom is 0.409 e. The predicted octanol–water partition coefficient (Wildman–Crippen LogP) is 2.31. The van der Waals surface area contributed by atoms with Crippen molar-refractivity contribution < 1.29 is 14.3 Å². The number of amides is 2. The standard InChI is InChI=1S/C20H25N5O3/c1-3-28-20(27)25-10-8-24(9-11-25)19(26)17-12-18(23-14-22-17)21-13-16-7-5-4-6-15(16)2/h4-7,12,14H,3,8-11,13H2,1-2H3,(H,21,22,23). The molecule has 148 valence electrons. The molecule has 0 unspecified atom stereocenters. The number of hydrogen-bond acceptors (Lipinski definition) is 6. The van der Waals surface area contributed by atoms with Gasteiger partial charge in [0.25, 0.3) is 5.91 Å². The number of hydrogen-bond donors (Lipinski definition) is 1. The van der Waals surface area contributed by atoms with Gasteiger partial charge in [0.15, 0.2) is 0 Å². The summed E-state index contributed by atoms with van der Waals surface area (Å²) in [4.78, 5) is 36.2. The van der Waals surface area contributed by atoms with Crippen molar-refractivity contribution in [2.75, 3.05) is 38.1 Å². The molecule has 1 aromatic carbocycles. The van der Waals surface area contributed by atoms with Gasteiger partial charge in [-0.15, -0.1) is 0 Å². The van der Waals surface area contributed by atoms with Gasteiger partial charge < -0.3 is 19.9 Å². The fourth-order valence-corrected chi connectivity index (χ4v) is 3.03. The van der Waals surface area contributed by atoms with Crippen molar-refractivity contribution in [3.05, 3.63) is 53.5 Å². The van der Waals surface area contributed by atoms with Gasteiger partial charge in [0, 0.05) is 38.8 Å². The first-order valence-corrected chi connectivity index (χ1v) is 9.40. The lowest BCUT2D eigenvalue weighted by Crippen LogP contribution is -2.50. The number of piperazine rings is 1. The molecule has 0 spiro atoms. The average Bonchev–Trinajstić information content (AvgIpc) is 2.73. The van der Waals surface area contributed by atoms with E-state index in [0.29, 0.717) is 50.8 Å². The number of nitrogens with one attached hydrogen (secondary N) is 1. The summed E-state index contributed by atoms with van der Waals surface area (Å²) in [6.45, 7) is 6.61. The lowest BCUT2D eigenvalue weighted by atomic mass is 10.1. The average molecular weight is 383 g/mol. The van der Waals surface area contributed by atoms with Crippen molar-refractivity contribution >= 4 is 17.8 Å². The molecule has 1 aromatic heterocycles. The van der Waals surface area contributed by atoms with Crippen molar-refractivity contribution in [1.82, 2.24) is 19.8 Å². The number of rotatable bonds is 5. The number of carbonyl (C=O) groups excluding carboxylic acids is 2. The molecule has 2 amide bonds. The van der Waals surface area contributed by atoms with E-state index in [2.05, 4.69) is 34.3 Å². The van der Waals surface area contributed by atoms with Crippen LogP contribution < -0.4 is 5.32 Å². The number of anilines is 1. The number of ether oxygens (including phenoxy) is 1. The molecular weight excluding hydrogens is 358 g/mol. The first-order chi connectivity index (χ1) is 13.6. The first kappa shape index (κ1) is 19.6. The van der Waals surface area contributed by atoms with E-state index in [-0.39, 0.29) is 12.0 Å². The largest absolute Gasteiger partial charge is 0.450 e. The van der Waals surface area contributed by atoms with E-state index in [9.17, 15) is 9.59 Å². The van der Waals surface area contributed by atoms with Crippen LogP contribution in [0.1, 0.15) is 28.5 Å². The Morgan fingerprint density at radius 3 is 2.54 bits per heavy atom. The van der Waals surface area contributed by atoms with Crippen LogP contribution >= 0.6 is 0 Å². The van der Waals surface area contributed by atoms with Gasteiger partial charge in [-0.05, 0) is 25.0 Å². The minimum atomic E-state index is -0.334. The van der Waals surface area contributed by atoms with Gasteiger partial charge in [-0.2, -0.15) is 0 Å². The molecular formula is C20H25N5O3. The summed E-state index contributed by atoms with van der Waals surface area (Å²) in [5, 5.41) is 3.24. The van der Waals surface area contributed by atoms with E-state index in [0.717, 1.165) is 0 Å². The normalized spacial score (nSPS) is 13.9. The molecule has 28 heavy (non-hydrogen) atoms. The van der Waals surface area contributed by atoms with Gasteiger partial charge in [0.05, 0.1) is 6.61 Å². The van der Waals surface area contributed by atoms with E-state index in [4.69, 9.17) is 4.74 Å². The van der Waals surface area contributed by atoms with E-state index in [1.54, 1.807) is 22.8 Å². The van der Waals surface area contributed by atoms with Gasteiger partial charge in [0.2, 0.25) is 0 Å². The van der Waals surface area contributed by atoms with Crippen LogP contribution in [0, 0.1) is 6.92 Å². The summed E-state index contributed by atoms with van der Waals surface area (Å²) in [5.74, 6) is 0.441.